The lowest BCUT2D eigenvalue weighted by Gasteiger charge is -2.32. The summed E-state index contributed by atoms with van der Waals surface area (Å²) in [5.41, 5.74) is 2.73. The van der Waals surface area contributed by atoms with E-state index in [0.29, 0.717) is 25.1 Å². The molecule has 1 fully saturated rings. The molecule has 0 unspecified atom stereocenters. The van der Waals surface area contributed by atoms with E-state index in [-0.39, 0.29) is 24.8 Å². The molecule has 176 valence electrons. The van der Waals surface area contributed by atoms with E-state index in [1.165, 1.54) is 4.90 Å². The van der Waals surface area contributed by atoms with Crippen molar-refractivity contribution in [2.45, 2.75) is 38.5 Å². The number of rotatable bonds is 7. The molecule has 1 saturated carbocycles. The number of anilines is 2. The molecule has 1 aliphatic heterocycles. The third-order valence-electron chi connectivity index (χ3n) is 6.69. The molecule has 2 amide bonds. The Bertz CT molecular complexity index is 1080. The van der Waals surface area contributed by atoms with Crippen LogP contribution in [0.15, 0.2) is 54.6 Å². The average Bonchev–Trinajstić information content (AvgIpc) is 3.32. The Labute approximate surface area is 199 Å². The van der Waals surface area contributed by atoms with Crippen molar-refractivity contribution >= 4 is 29.2 Å². The second-order valence-electron chi connectivity index (χ2n) is 8.76. The van der Waals surface area contributed by atoms with Gasteiger partial charge in [0.05, 0.1) is 24.3 Å². The maximum atomic E-state index is 13.4. The zero-order valence-electron chi connectivity index (χ0n) is 19.2. The number of benzene rings is 2. The van der Waals surface area contributed by atoms with Gasteiger partial charge in [0, 0.05) is 24.5 Å². The summed E-state index contributed by atoms with van der Waals surface area (Å²) in [6.07, 6.45) is 3.96. The summed E-state index contributed by atoms with van der Waals surface area (Å²) >= 11 is 0. The molecule has 2 atom stereocenters. The number of fused-ring (bicyclic) bond motifs is 1. The Morgan fingerprint density at radius 1 is 1.00 bits per heavy atom. The Hall–Kier alpha value is -3.66. The number of ether oxygens (including phenoxy) is 1. The molecular weight excluding hydrogens is 430 g/mol. The van der Waals surface area contributed by atoms with Crippen molar-refractivity contribution in [3.05, 3.63) is 60.2 Å². The highest BCUT2D eigenvalue weighted by molar-refractivity contribution is 5.99. The molecule has 0 saturated heterocycles. The summed E-state index contributed by atoms with van der Waals surface area (Å²) in [5.74, 6) is -1.90. The van der Waals surface area contributed by atoms with Crippen molar-refractivity contribution in [1.29, 1.82) is 5.26 Å². The van der Waals surface area contributed by atoms with Crippen molar-refractivity contribution in [1.82, 2.24) is 0 Å². The number of carbonyl (C=O) groups is 3. The first-order valence-corrected chi connectivity index (χ1v) is 11.9. The molecule has 0 N–H and O–H groups in total. The molecule has 1 aliphatic carbocycles. The van der Waals surface area contributed by atoms with Crippen molar-refractivity contribution in [2.24, 2.45) is 11.8 Å². The topological polar surface area (TPSA) is 90.7 Å². The van der Waals surface area contributed by atoms with E-state index < -0.39 is 24.4 Å². The van der Waals surface area contributed by atoms with Crippen molar-refractivity contribution in [2.75, 3.05) is 29.5 Å². The van der Waals surface area contributed by atoms with Crippen molar-refractivity contribution < 1.29 is 19.1 Å². The maximum Gasteiger partial charge on any atom is 0.310 e. The zero-order chi connectivity index (χ0) is 23.9. The minimum atomic E-state index is -0.550. The second-order valence-corrected chi connectivity index (χ2v) is 8.76. The van der Waals surface area contributed by atoms with E-state index in [9.17, 15) is 14.4 Å². The van der Waals surface area contributed by atoms with Gasteiger partial charge in [-0.15, -0.1) is 0 Å². The molecule has 0 spiro atoms. The molecule has 2 aromatic carbocycles. The normalized spacial score (nSPS) is 19.1. The molecule has 0 bridgehead atoms. The van der Waals surface area contributed by atoms with Crippen LogP contribution >= 0.6 is 0 Å². The van der Waals surface area contributed by atoms with Gasteiger partial charge >= 0.3 is 5.97 Å². The Balaban J connectivity index is 1.41. The third kappa shape index (κ3) is 5.12. The molecule has 0 radical (unpaired) electrons. The predicted molar refractivity (Wildman–Crippen MR) is 128 cm³/mol. The maximum absolute atomic E-state index is 13.4. The molecular formula is C27H29N3O4. The Morgan fingerprint density at radius 2 is 1.71 bits per heavy atom. The van der Waals surface area contributed by atoms with Gasteiger partial charge in [-0.05, 0) is 43.0 Å². The van der Waals surface area contributed by atoms with Gasteiger partial charge in [0.15, 0.2) is 6.61 Å². The largest absolute Gasteiger partial charge is 0.455 e. The highest BCUT2D eigenvalue weighted by atomic mass is 16.5. The predicted octanol–water partition coefficient (Wildman–Crippen LogP) is 3.87. The van der Waals surface area contributed by atoms with Gasteiger partial charge in [0.2, 0.25) is 5.91 Å². The zero-order valence-corrected chi connectivity index (χ0v) is 19.2. The van der Waals surface area contributed by atoms with Gasteiger partial charge in [0.1, 0.15) is 0 Å². The number of nitriles is 1. The van der Waals surface area contributed by atoms with Crippen molar-refractivity contribution in [3.63, 3.8) is 0 Å². The first-order chi connectivity index (χ1) is 16.6. The van der Waals surface area contributed by atoms with Crippen molar-refractivity contribution in [3.8, 4) is 6.07 Å². The SMILES string of the molecule is N#CCCN(C(=O)COC(=O)[C@@H]1CCCC[C@@H]1C(=O)N1CCc2ccccc21)c1ccccc1. The van der Waals surface area contributed by atoms with E-state index in [2.05, 4.69) is 0 Å². The molecule has 34 heavy (non-hydrogen) atoms. The molecule has 1 heterocycles. The average molecular weight is 460 g/mol. The fourth-order valence-electron chi connectivity index (χ4n) is 4.96. The standard InChI is InChI=1S/C27H29N3O4/c28-16-8-17-29(21-10-2-1-3-11-21)25(31)19-34-27(33)23-13-6-5-12-22(23)26(32)30-18-15-20-9-4-7-14-24(20)30/h1-4,7,9-11,14,22-23H,5-6,8,12-13,15,17-19H2/t22-,23+/m0/s1. The number of hydrogen-bond donors (Lipinski definition) is 0. The van der Waals surface area contributed by atoms with E-state index >= 15 is 0 Å². The lowest BCUT2D eigenvalue weighted by atomic mass is 9.78. The molecule has 7 nitrogen and oxygen atoms in total. The second kappa shape index (κ2) is 11.0. The van der Waals surface area contributed by atoms with Gasteiger partial charge in [-0.2, -0.15) is 5.26 Å². The van der Waals surface area contributed by atoms with Crippen LogP contribution in [0.25, 0.3) is 0 Å². The summed E-state index contributed by atoms with van der Waals surface area (Å²) < 4.78 is 5.45. The third-order valence-corrected chi connectivity index (χ3v) is 6.69. The van der Waals surface area contributed by atoms with Crippen LogP contribution < -0.4 is 9.80 Å². The monoisotopic (exact) mass is 459 g/mol. The fourth-order valence-corrected chi connectivity index (χ4v) is 4.96. The van der Waals surface area contributed by atoms with E-state index in [0.717, 1.165) is 30.5 Å². The molecule has 2 aromatic rings. The van der Waals surface area contributed by atoms with Gasteiger partial charge in [-0.25, -0.2) is 0 Å². The summed E-state index contributed by atoms with van der Waals surface area (Å²) in [5, 5.41) is 8.96. The van der Waals surface area contributed by atoms with Gasteiger partial charge in [-0.1, -0.05) is 49.2 Å². The molecule has 2 aliphatic rings. The summed E-state index contributed by atoms with van der Waals surface area (Å²) in [6, 6.07) is 18.9. The van der Waals surface area contributed by atoms with Crippen LogP contribution in [-0.2, 0) is 25.5 Å². The van der Waals surface area contributed by atoms with Crippen LogP contribution in [0.1, 0.15) is 37.7 Å². The fraction of sp³-hybridized carbons (Fsp3) is 0.407. The van der Waals surface area contributed by atoms with Crippen LogP contribution in [-0.4, -0.2) is 37.5 Å². The van der Waals surface area contributed by atoms with Crippen LogP contribution in [0.3, 0.4) is 0 Å². The number of carbonyl (C=O) groups excluding carboxylic acids is 3. The first-order valence-electron chi connectivity index (χ1n) is 11.9. The molecule has 4 rings (SSSR count). The lowest BCUT2D eigenvalue weighted by Crippen LogP contribution is -2.43. The summed E-state index contributed by atoms with van der Waals surface area (Å²) in [6.45, 7) is 0.429. The Morgan fingerprint density at radius 3 is 2.47 bits per heavy atom. The van der Waals surface area contributed by atoms with Gasteiger partial charge in [-0.3, -0.25) is 14.4 Å². The minimum Gasteiger partial charge on any atom is -0.455 e. The van der Waals surface area contributed by atoms with Gasteiger partial charge < -0.3 is 14.5 Å². The Kier molecular flexibility index (Phi) is 7.58. The van der Waals surface area contributed by atoms with E-state index in [1.807, 2.05) is 48.5 Å². The lowest BCUT2D eigenvalue weighted by molar-refractivity contribution is -0.156. The highest BCUT2D eigenvalue weighted by Gasteiger charge is 2.40. The van der Waals surface area contributed by atoms with Gasteiger partial charge in [0.25, 0.3) is 5.91 Å². The number of para-hydroxylation sites is 2. The summed E-state index contributed by atoms with van der Waals surface area (Å²) in [4.78, 5) is 42.6. The van der Waals surface area contributed by atoms with Crippen LogP contribution in [0.5, 0.6) is 0 Å². The molecule has 7 heteroatoms. The smallest absolute Gasteiger partial charge is 0.310 e. The number of nitrogens with zero attached hydrogens (tertiary/aromatic N) is 3. The van der Waals surface area contributed by atoms with E-state index in [4.69, 9.17) is 10.00 Å². The highest BCUT2D eigenvalue weighted by Crippen LogP contribution is 2.36. The number of esters is 1. The van der Waals surface area contributed by atoms with Crippen LogP contribution in [0.2, 0.25) is 0 Å². The number of hydrogen-bond acceptors (Lipinski definition) is 5. The quantitative estimate of drug-likeness (QED) is 0.586. The first kappa shape index (κ1) is 23.5. The van der Waals surface area contributed by atoms with E-state index in [1.54, 1.807) is 17.0 Å². The minimum absolute atomic E-state index is 0.0298. The molecule has 0 aromatic heterocycles. The summed E-state index contributed by atoms with van der Waals surface area (Å²) in [7, 11) is 0. The van der Waals surface area contributed by atoms with Crippen LogP contribution in [0.4, 0.5) is 11.4 Å². The van der Waals surface area contributed by atoms with Crippen LogP contribution in [0, 0.1) is 23.2 Å². The number of amides is 2.